The lowest BCUT2D eigenvalue weighted by atomic mass is 10.3. The van der Waals surface area contributed by atoms with Gasteiger partial charge in [0.2, 0.25) is 15.9 Å². The van der Waals surface area contributed by atoms with Crippen molar-refractivity contribution in [3.8, 4) is 0 Å². The molecule has 0 N–H and O–H groups in total. The van der Waals surface area contributed by atoms with Gasteiger partial charge >= 0.3 is 0 Å². The van der Waals surface area contributed by atoms with Crippen molar-refractivity contribution in [2.75, 3.05) is 37.7 Å². The van der Waals surface area contributed by atoms with Crippen LogP contribution in [0.1, 0.15) is 13.3 Å². The highest BCUT2D eigenvalue weighted by molar-refractivity contribution is 9.10. The second-order valence-electron chi connectivity index (χ2n) is 5.19. The van der Waals surface area contributed by atoms with Crippen molar-refractivity contribution in [2.45, 2.75) is 18.2 Å². The Morgan fingerprint density at radius 1 is 1.17 bits per heavy atom. The molecule has 1 fully saturated rings. The van der Waals surface area contributed by atoms with Crippen molar-refractivity contribution >= 4 is 43.6 Å². The number of carbonyl (C=O) groups excluding carboxylic acids is 1. The number of hydrogen-bond acceptors (Lipinski definition) is 4. The van der Waals surface area contributed by atoms with E-state index in [0.29, 0.717) is 37.5 Å². The van der Waals surface area contributed by atoms with Gasteiger partial charge in [0.15, 0.2) is 0 Å². The van der Waals surface area contributed by atoms with Crippen LogP contribution in [0.3, 0.4) is 0 Å². The van der Waals surface area contributed by atoms with Crippen LogP contribution >= 0.6 is 27.7 Å². The van der Waals surface area contributed by atoms with E-state index < -0.39 is 10.0 Å². The van der Waals surface area contributed by atoms with Gasteiger partial charge in [0, 0.05) is 42.8 Å². The summed E-state index contributed by atoms with van der Waals surface area (Å²) >= 11 is 5.05. The first-order valence-electron chi connectivity index (χ1n) is 7.56. The van der Waals surface area contributed by atoms with Crippen LogP contribution in [0.5, 0.6) is 0 Å². The number of thioether (sulfide) groups is 1. The van der Waals surface area contributed by atoms with E-state index in [9.17, 15) is 13.2 Å². The number of hydrogen-bond donors (Lipinski definition) is 0. The van der Waals surface area contributed by atoms with Gasteiger partial charge in [-0.3, -0.25) is 4.79 Å². The molecule has 2 rings (SSSR count). The van der Waals surface area contributed by atoms with Crippen LogP contribution in [-0.4, -0.2) is 61.2 Å². The Morgan fingerprint density at radius 3 is 2.35 bits per heavy atom. The molecule has 0 saturated carbocycles. The summed E-state index contributed by atoms with van der Waals surface area (Å²) in [7, 11) is -3.48. The molecule has 1 heterocycles. The fourth-order valence-electron chi connectivity index (χ4n) is 2.40. The third kappa shape index (κ3) is 4.95. The molecule has 1 aromatic rings. The highest BCUT2D eigenvalue weighted by Gasteiger charge is 2.29. The zero-order valence-corrected chi connectivity index (χ0v) is 16.3. The van der Waals surface area contributed by atoms with Crippen LogP contribution < -0.4 is 0 Å². The lowest BCUT2D eigenvalue weighted by Crippen LogP contribution is -2.50. The van der Waals surface area contributed by atoms with Gasteiger partial charge in [-0.25, -0.2) is 8.42 Å². The fourth-order valence-corrected chi connectivity index (χ4v) is 4.69. The van der Waals surface area contributed by atoms with Crippen molar-refractivity contribution in [1.82, 2.24) is 9.21 Å². The second kappa shape index (κ2) is 8.50. The van der Waals surface area contributed by atoms with Crippen molar-refractivity contribution < 1.29 is 13.2 Å². The number of halogens is 1. The van der Waals surface area contributed by atoms with Gasteiger partial charge in [-0.1, -0.05) is 22.9 Å². The molecule has 0 unspecified atom stereocenters. The summed E-state index contributed by atoms with van der Waals surface area (Å²) in [6.07, 6.45) is 0.526. The van der Waals surface area contributed by atoms with Crippen LogP contribution in [0.25, 0.3) is 0 Å². The normalized spacial score (nSPS) is 16.5. The fraction of sp³-hybridized carbons (Fsp3) is 0.533. The number of benzene rings is 1. The number of nitrogens with zero attached hydrogens (tertiary/aromatic N) is 2. The molecule has 23 heavy (non-hydrogen) atoms. The van der Waals surface area contributed by atoms with Crippen LogP contribution in [0.15, 0.2) is 33.6 Å². The third-order valence-electron chi connectivity index (χ3n) is 3.71. The molecule has 5 nitrogen and oxygen atoms in total. The maximum absolute atomic E-state index is 12.6. The Balaban J connectivity index is 1.93. The molecule has 0 bridgehead atoms. The van der Waals surface area contributed by atoms with Crippen LogP contribution in [0.2, 0.25) is 0 Å². The summed E-state index contributed by atoms with van der Waals surface area (Å²) in [6.45, 7) is 3.70. The van der Waals surface area contributed by atoms with Gasteiger partial charge < -0.3 is 4.90 Å². The lowest BCUT2D eigenvalue weighted by Gasteiger charge is -2.34. The summed E-state index contributed by atoms with van der Waals surface area (Å²) in [4.78, 5) is 14.1. The lowest BCUT2D eigenvalue weighted by molar-refractivity contribution is -0.131. The summed E-state index contributed by atoms with van der Waals surface area (Å²) < 4.78 is 27.5. The molecule has 1 aliphatic heterocycles. The standard InChI is InChI=1S/C15H21BrN2O3S2/c1-2-22-12-7-15(19)17-8-10-18(11-9-17)23(20,21)14-5-3-13(16)4-6-14/h3-6H,2,7-12H2,1H3. The van der Waals surface area contributed by atoms with E-state index in [4.69, 9.17) is 0 Å². The van der Waals surface area contributed by atoms with Gasteiger partial charge in [-0.2, -0.15) is 16.1 Å². The molecule has 0 atom stereocenters. The molecule has 1 aliphatic rings. The molecule has 0 aromatic heterocycles. The Kier molecular flexibility index (Phi) is 6.94. The number of amides is 1. The largest absolute Gasteiger partial charge is 0.340 e. The quantitative estimate of drug-likeness (QED) is 0.663. The molecule has 1 amide bonds. The Bertz CT molecular complexity index is 627. The molecule has 8 heteroatoms. The topological polar surface area (TPSA) is 57.7 Å². The van der Waals surface area contributed by atoms with Crippen LogP contribution in [0, 0.1) is 0 Å². The second-order valence-corrected chi connectivity index (χ2v) is 9.43. The van der Waals surface area contributed by atoms with E-state index in [0.717, 1.165) is 16.0 Å². The average Bonchev–Trinajstić information content (AvgIpc) is 2.55. The van der Waals surface area contributed by atoms with E-state index >= 15 is 0 Å². The van der Waals surface area contributed by atoms with Crippen molar-refractivity contribution in [2.24, 2.45) is 0 Å². The summed E-state index contributed by atoms with van der Waals surface area (Å²) in [6, 6.07) is 6.63. The maximum atomic E-state index is 12.6. The van der Waals surface area contributed by atoms with E-state index in [-0.39, 0.29) is 5.91 Å². The highest BCUT2D eigenvalue weighted by Crippen LogP contribution is 2.20. The van der Waals surface area contributed by atoms with Crippen molar-refractivity contribution in [1.29, 1.82) is 0 Å². The summed E-state index contributed by atoms with van der Waals surface area (Å²) in [5.41, 5.74) is 0. The van der Waals surface area contributed by atoms with Crippen LogP contribution in [0.4, 0.5) is 0 Å². The van der Waals surface area contributed by atoms with Crippen molar-refractivity contribution in [3.05, 3.63) is 28.7 Å². The number of carbonyl (C=O) groups is 1. The molecule has 0 radical (unpaired) electrons. The average molecular weight is 421 g/mol. The van der Waals surface area contributed by atoms with Gasteiger partial charge in [-0.15, -0.1) is 0 Å². The summed E-state index contributed by atoms with van der Waals surface area (Å²) in [5.74, 6) is 1.95. The third-order valence-corrected chi connectivity index (χ3v) is 7.05. The van der Waals surface area contributed by atoms with Gasteiger partial charge in [-0.05, 0) is 30.0 Å². The highest BCUT2D eigenvalue weighted by atomic mass is 79.9. The predicted octanol–water partition coefficient (Wildman–Crippen LogP) is 2.43. The minimum atomic E-state index is -3.48. The van der Waals surface area contributed by atoms with Gasteiger partial charge in [0.25, 0.3) is 0 Å². The van der Waals surface area contributed by atoms with E-state index in [1.807, 2.05) is 0 Å². The zero-order chi connectivity index (χ0) is 16.9. The minimum absolute atomic E-state index is 0.117. The van der Waals surface area contributed by atoms with Crippen LogP contribution in [-0.2, 0) is 14.8 Å². The van der Waals surface area contributed by atoms with E-state index in [1.165, 1.54) is 4.31 Å². The molecular weight excluding hydrogens is 400 g/mol. The molecular formula is C15H21BrN2O3S2. The Hall–Kier alpha value is -0.570. The SMILES string of the molecule is CCSCCC(=O)N1CCN(S(=O)(=O)c2ccc(Br)cc2)CC1. The zero-order valence-electron chi connectivity index (χ0n) is 13.1. The number of piperazine rings is 1. The minimum Gasteiger partial charge on any atom is -0.340 e. The van der Waals surface area contributed by atoms with Gasteiger partial charge in [0.1, 0.15) is 0 Å². The predicted molar refractivity (Wildman–Crippen MR) is 97.1 cm³/mol. The first kappa shape index (κ1) is 18.8. The summed E-state index contributed by atoms with van der Waals surface area (Å²) in [5, 5.41) is 0. The van der Waals surface area contributed by atoms with E-state index in [1.54, 1.807) is 40.9 Å². The maximum Gasteiger partial charge on any atom is 0.243 e. The number of sulfonamides is 1. The Labute approximate surface area is 150 Å². The molecule has 0 spiro atoms. The van der Waals surface area contributed by atoms with Gasteiger partial charge in [0.05, 0.1) is 4.90 Å². The molecule has 1 saturated heterocycles. The first-order valence-corrected chi connectivity index (χ1v) is 10.9. The van der Waals surface area contributed by atoms with Crippen molar-refractivity contribution in [3.63, 3.8) is 0 Å². The molecule has 0 aliphatic carbocycles. The smallest absolute Gasteiger partial charge is 0.243 e. The molecule has 128 valence electrons. The monoisotopic (exact) mass is 420 g/mol. The first-order chi connectivity index (χ1) is 10.9. The van der Waals surface area contributed by atoms with E-state index in [2.05, 4.69) is 22.9 Å². The Morgan fingerprint density at radius 2 is 1.78 bits per heavy atom. The molecule has 1 aromatic carbocycles. The number of rotatable bonds is 6.